The van der Waals surface area contributed by atoms with Crippen molar-refractivity contribution in [2.45, 2.75) is 19.4 Å². The van der Waals surface area contributed by atoms with Crippen LogP contribution in [0.5, 0.6) is 0 Å². The van der Waals surface area contributed by atoms with Gasteiger partial charge in [0.15, 0.2) is 0 Å². The maximum absolute atomic E-state index is 12.0. The Bertz CT molecular complexity index is 686. The zero-order chi connectivity index (χ0) is 17.5. The molecule has 0 aliphatic heterocycles. The lowest BCUT2D eigenvalue weighted by Gasteiger charge is -2.25. The van der Waals surface area contributed by atoms with Gasteiger partial charge < -0.3 is 10.2 Å². The number of benzene rings is 1. The Labute approximate surface area is 144 Å². The van der Waals surface area contributed by atoms with Crippen molar-refractivity contribution in [2.75, 3.05) is 20.6 Å². The molecular weight excluding hydrogens is 300 g/mol. The molecule has 0 saturated carbocycles. The molecule has 2 rings (SSSR count). The summed E-state index contributed by atoms with van der Waals surface area (Å²) >= 11 is 0. The van der Waals surface area contributed by atoms with Gasteiger partial charge in [0.05, 0.1) is 12.2 Å². The van der Waals surface area contributed by atoms with Crippen molar-refractivity contribution in [3.63, 3.8) is 0 Å². The van der Waals surface area contributed by atoms with Gasteiger partial charge in [0.1, 0.15) is 0 Å². The van der Waals surface area contributed by atoms with Gasteiger partial charge in [-0.1, -0.05) is 31.2 Å². The van der Waals surface area contributed by atoms with Gasteiger partial charge in [-0.2, -0.15) is 5.10 Å². The van der Waals surface area contributed by atoms with E-state index in [-0.39, 0.29) is 11.9 Å². The topological polar surface area (TPSA) is 50.2 Å². The molecule has 1 atom stereocenters. The van der Waals surface area contributed by atoms with Crippen molar-refractivity contribution in [1.29, 1.82) is 0 Å². The van der Waals surface area contributed by atoms with E-state index in [9.17, 15) is 4.79 Å². The highest BCUT2D eigenvalue weighted by Crippen LogP contribution is 2.18. The third kappa shape index (κ3) is 5.06. The molecule has 0 bridgehead atoms. The number of nitrogens with one attached hydrogen (secondary N) is 1. The largest absolute Gasteiger partial charge is 0.351 e. The fourth-order valence-corrected chi connectivity index (χ4v) is 2.53. The zero-order valence-corrected chi connectivity index (χ0v) is 14.9. The number of aryl methyl sites for hydroxylation is 2. The molecule has 24 heavy (non-hydrogen) atoms. The molecule has 2 aromatic rings. The molecule has 0 aliphatic rings. The van der Waals surface area contributed by atoms with E-state index in [1.807, 2.05) is 27.3 Å². The van der Waals surface area contributed by atoms with E-state index in [0.717, 1.165) is 12.0 Å². The summed E-state index contributed by atoms with van der Waals surface area (Å²) in [5, 5.41) is 7.05. The van der Waals surface area contributed by atoms with Crippen molar-refractivity contribution >= 4 is 12.0 Å². The molecule has 128 valence electrons. The predicted molar refractivity (Wildman–Crippen MR) is 97.5 cm³/mol. The molecule has 1 aromatic carbocycles. The Morgan fingerprint density at radius 2 is 2.04 bits per heavy atom. The van der Waals surface area contributed by atoms with E-state index >= 15 is 0 Å². The lowest BCUT2D eigenvalue weighted by Crippen LogP contribution is -2.33. The average Bonchev–Trinajstić information content (AvgIpc) is 2.99. The van der Waals surface area contributed by atoms with E-state index in [1.54, 1.807) is 23.0 Å². The van der Waals surface area contributed by atoms with Crippen LogP contribution >= 0.6 is 0 Å². The number of hydrogen-bond donors (Lipinski definition) is 1. The standard InChI is InChI=1S/C19H26N4O/c1-5-15-6-9-17(10-7-15)18(22(2)3)13-20-19(24)11-8-16-12-21-23(4)14-16/h6-12,14,18H,5,13H2,1-4H3,(H,20,24)/b11-8+. The smallest absolute Gasteiger partial charge is 0.244 e. The van der Waals surface area contributed by atoms with Gasteiger partial charge in [-0.15, -0.1) is 0 Å². The van der Waals surface area contributed by atoms with Gasteiger partial charge >= 0.3 is 0 Å². The second kappa shape index (κ2) is 8.45. The van der Waals surface area contributed by atoms with Gasteiger partial charge in [-0.25, -0.2) is 0 Å². The van der Waals surface area contributed by atoms with Gasteiger partial charge in [-0.05, 0) is 37.7 Å². The van der Waals surface area contributed by atoms with E-state index in [4.69, 9.17) is 0 Å². The van der Waals surface area contributed by atoms with Crippen LogP contribution in [0.1, 0.15) is 29.7 Å². The summed E-state index contributed by atoms with van der Waals surface area (Å²) in [6.07, 6.45) is 7.93. The summed E-state index contributed by atoms with van der Waals surface area (Å²) in [7, 11) is 5.90. The second-order valence-corrected chi connectivity index (χ2v) is 6.10. The van der Waals surface area contributed by atoms with E-state index in [0.29, 0.717) is 6.54 Å². The molecule has 0 saturated heterocycles. The molecule has 1 aromatic heterocycles. The molecule has 0 fully saturated rings. The van der Waals surface area contributed by atoms with Crippen molar-refractivity contribution in [2.24, 2.45) is 7.05 Å². The van der Waals surface area contributed by atoms with E-state index in [2.05, 4.69) is 46.5 Å². The van der Waals surface area contributed by atoms with Crippen LogP contribution in [0.2, 0.25) is 0 Å². The molecule has 1 N–H and O–H groups in total. The van der Waals surface area contributed by atoms with Gasteiger partial charge in [0, 0.05) is 31.4 Å². The van der Waals surface area contributed by atoms with Crippen LogP contribution in [-0.2, 0) is 18.3 Å². The predicted octanol–water partition coefficient (Wildman–Crippen LogP) is 2.41. The summed E-state index contributed by atoms with van der Waals surface area (Å²) in [6.45, 7) is 2.71. The highest BCUT2D eigenvalue weighted by Gasteiger charge is 2.14. The molecule has 5 nitrogen and oxygen atoms in total. The Morgan fingerprint density at radius 3 is 2.58 bits per heavy atom. The first kappa shape index (κ1) is 17.9. The highest BCUT2D eigenvalue weighted by molar-refractivity contribution is 5.91. The molecule has 0 radical (unpaired) electrons. The third-order valence-corrected chi connectivity index (χ3v) is 4.02. The third-order valence-electron chi connectivity index (χ3n) is 4.02. The van der Waals surface area contributed by atoms with Crippen LogP contribution in [0.4, 0.5) is 0 Å². The number of rotatable bonds is 7. The van der Waals surface area contributed by atoms with E-state index < -0.39 is 0 Å². The van der Waals surface area contributed by atoms with Gasteiger partial charge in [-0.3, -0.25) is 9.48 Å². The van der Waals surface area contributed by atoms with Crippen LogP contribution in [0.3, 0.4) is 0 Å². The number of nitrogens with zero attached hydrogens (tertiary/aromatic N) is 3. The van der Waals surface area contributed by atoms with Crippen molar-refractivity contribution in [3.8, 4) is 0 Å². The minimum atomic E-state index is -0.101. The fraction of sp³-hybridized carbons (Fsp3) is 0.368. The summed E-state index contributed by atoms with van der Waals surface area (Å²) < 4.78 is 1.71. The lowest BCUT2D eigenvalue weighted by molar-refractivity contribution is -0.116. The molecule has 1 heterocycles. The Hall–Kier alpha value is -2.40. The maximum atomic E-state index is 12.0. The molecule has 1 amide bonds. The maximum Gasteiger partial charge on any atom is 0.244 e. The first-order valence-electron chi connectivity index (χ1n) is 8.19. The summed E-state index contributed by atoms with van der Waals surface area (Å²) in [5.74, 6) is -0.101. The van der Waals surface area contributed by atoms with Crippen LogP contribution in [-0.4, -0.2) is 41.2 Å². The zero-order valence-electron chi connectivity index (χ0n) is 14.9. The Kier molecular flexibility index (Phi) is 6.32. The molecule has 0 aliphatic carbocycles. The van der Waals surface area contributed by atoms with Crippen LogP contribution in [0.15, 0.2) is 42.7 Å². The number of hydrogen-bond acceptors (Lipinski definition) is 3. The number of likely N-dealkylation sites (N-methyl/N-ethyl adjacent to an activating group) is 1. The first-order chi connectivity index (χ1) is 11.5. The lowest BCUT2D eigenvalue weighted by atomic mass is 10.0. The monoisotopic (exact) mass is 326 g/mol. The molecule has 5 heteroatoms. The molecule has 1 unspecified atom stereocenters. The van der Waals surface area contributed by atoms with Crippen LogP contribution in [0.25, 0.3) is 6.08 Å². The molecule has 0 spiro atoms. The summed E-state index contributed by atoms with van der Waals surface area (Å²) in [4.78, 5) is 14.2. The summed E-state index contributed by atoms with van der Waals surface area (Å²) in [5.41, 5.74) is 3.43. The Morgan fingerprint density at radius 1 is 1.33 bits per heavy atom. The molecular formula is C19H26N4O. The number of amides is 1. The number of carbonyl (C=O) groups excluding carboxylic acids is 1. The van der Waals surface area contributed by atoms with Crippen molar-refractivity contribution in [3.05, 3.63) is 59.4 Å². The minimum absolute atomic E-state index is 0.101. The van der Waals surface area contributed by atoms with Gasteiger partial charge in [0.2, 0.25) is 5.91 Å². The highest BCUT2D eigenvalue weighted by atomic mass is 16.1. The number of aromatic nitrogens is 2. The SMILES string of the molecule is CCc1ccc(C(CNC(=O)/C=C/c2cnn(C)c2)N(C)C)cc1. The van der Waals surface area contributed by atoms with Crippen molar-refractivity contribution < 1.29 is 4.79 Å². The van der Waals surface area contributed by atoms with Crippen LogP contribution in [0, 0.1) is 0 Å². The van der Waals surface area contributed by atoms with E-state index in [1.165, 1.54) is 11.1 Å². The second-order valence-electron chi connectivity index (χ2n) is 6.10. The minimum Gasteiger partial charge on any atom is -0.351 e. The first-order valence-corrected chi connectivity index (χ1v) is 8.19. The fourth-order valence-electron chi connectivity index (χ4n) is 2.53. The van der Waals surface area contributed by atoms with Crippen molar-refractivity contribution in [1.82, 2.24) is 20.0 Å². The summed E-state index contributed by atoms with van der Waals surface area (Å²) in [6, 6.07) is 8.72. The Balaban J connectivity index is 1.95. The quantitative estimate of drug-likeness (QED) is 0.795. The average molecular weight is 326 g/mol. The van der Waals surface area contributed by atoms with Gasteiger partial charge in [0.25, 0.3) is 0 Å². The van der Waals surface area contributed by atoms with Crippen LogP contribution < -0.4 is 5.32 Å². The normalized spacial score (nSPS) is 12.7. The number of carbonyl (C=O) groups is 1.